The number of ether oxygens (including phenoxy) is 1. The quantitative estimate of drug-likeness (QED) is 0.822. The van der Waals surface area contributed by atoms with Crippen molar-refractivity contribution in [1.29, 1.82) is 0 Å². The summed E-state index contributed by atoms with van der Waals surface area (Å²) >= 11 is 0. The van der Waals surface area contributed by atoms with E-state index in [4.69, 9.17) is 4.74 Å². The Bertz CT molecular complexity index is 305. The molecule has 2 rings (SSSR count). The van der Waals surface area contributed by atoms with Gasteiger partial charge in [0.05, 0.1) is 0 Å². The van der Waals surface area contributed by atoms with Crippen molar-refractivity contribution in [3.63, 3.8) is 0 Å². The van der Waals surface area contributed by atoms with Gasteiger partial charge in [0.1, 0.15) is 5.60 Å². The van der Waals surface area contributed by atoms with Gasteiger partial charge in [0, 0.05) is 25.2 Å². The summed E-state index contributed by atoms with van der Waals surface area (Å²) in [7, 11) is 0. The van der Waals surface area contributed by atoms with Crippen LogP contribution in [0.2, 0.25) is 0 Å². The molecule has 1 atom stereocenters. The minimum absolute atomic E-state index is 0.172. The Balaban J connectivity index is 1.72. The van der Waals surface area contributed by atoms with Crippen molar-refractivity contribution in [3.8, 4) is 0 Å². The second-order valence-electron chi connectivity index (χ2n) is 6.85. The molecular formula is C14H26N2O2. The predicted octanol–water partition coefficient (Wildman–Crippen LogP) is 2.38. The maximum absolute atomic E-state index is 11.9. The van der Waals surface area contributed by atoms with Crippen LogP contribution in [0.15, 0.2) is 0 Å². The number of rotatable bonds is 2. The van der Waals surface area contributed by atoms with Crippen molar-refractivity contribution in [2.45, 2.75) is 64.6 Å². The smallest absolute Gasteiger partial charge is 0.410 e. The maximum atomic E-state index is 11.9. The number of carbonyl (C=O) groups excluding carboxylic acids is 1. The summed E-state index contributed by atoms with van der Waals surface area (Å²) < 4.78 is 5.39. The van der Waals surface area contributed by atoms with Gasteiger partial charge in [0.15, 0.2) is 0 Å². The first kappa shape index (κ1) is 13.7. The van der Waals surface area contributed by atoms with Gasteiger partial charge in [-0.15, -0.1) is 0 Å². The lowest BCUT2D eigenvalue weighted by atomic mass is 9.81. The summed E-state index contributed by atoms with van der Waals surface area (Å²) in [4.78, 5) is 13.7. The van der Waals surface area contributed by atoms with Crippen molar-refractivity contribution in [2.75, 3.05) is 13.1 Å². The molecule has 0 aromatic rings. The van der Waals surface area contributed by atoms with Crippen molar-refractivity contribution in [2.24, 2.45) is 5.92 Å². The zero-order chi connectivity index (χ0) is 13.3. The molecule has 0 aromatic carbocycles. The number of amides is 1. The summed E-state index contributed by atoms with van der Waals surface area (Å²) in [6.45, 7) is 9.62. The number of nitrogens with zero attached hydrogens (tertiary/aromatic N) is 1. The van der Waals surface area contributed by atoms with E-state index in [0.717, 1.165) is 25.4 Å². The van der Waals surface area contributed by atoms with E-state index < -0.39 is 5.60 Å². The van der Waals surface area contributed by atoms with Gasteiger partial charge in [-0.05, 0) is 46.0 Å². The van der Waals surface area contributed by atoms with Crippen LogP contribution in [0.4, 0.5) is 4.79 Å². The Labute approximate surface area is 110 Å². The van der Waals surface area contributed by atoms with E-state index in [1.807, 2.05) is 25.7 Å². The van der Waals surface area contributed by atoms with Crippen LogP contribution in [0, 0.1) is 5.92 Å². The van der Waals surface area contributed by atoms with Crippen molar-refractivity contribution in [3.05, 3.63) is 0 Å². The van der Waals surface area contributed by atoms with Gasteiger partial charge in [-0.3, -0.25) is 0 Å². The highest BCUT2D eigenvalue weighted by Crippen LogP contribution is 2.27. The van der Waals surface area contributed by atoms with Crippen LogP contribution < -0.4 is 5.32 Å². The third-order valence-electron chi connectivity index (χ3n) is 3.69. The molecule has 2 fully saturated rings. The SMILES string of the molecule is CC1CC(NC2CCN(C(=O)OC(C)(C)C)C2)C1. The van der Waals surface area contributed by atoms with Gasteiger partial charge in [-0.1, -0.05) is 6.92 Å². The van der Waals surface area contributed by atoms with Crippen LogP contribution in [0.1, 0.15) is 47.0 Å². The molecule has 0 radical (unpaired) electrons. The molecular weight excluding hydrogens is 228 g/mol. The molecule has 104 valence electrons. The average Bonchev–Trinajstić information content (AvgIpc) is 2.61. The molecule has 4 heteroatoms. The fraction of sp³-hybridized carbons (Fsp3) is 0.929. The minimum Gasteiger partial charge on any atom is -0.444 e. The lowest BCUT2D eigenvalue weighted by Crippen LogP contribution is -2.47. The molecule has 1 saturated heterocycles. The molecule has 2 aliphatic rings. The summed E-state index contributed by atoms with van der Waals surface area (Å²) in [5.41, 5.74) is -0.397. The normalized spacial score (nSPS) is 32.2. The largest absolute Gasteiger partial charge is 0.444 e. The van der Waals surface area contributed by atoms with Gasteiger partial charge in [-0.2, -0.15) is 0 Å². The van der Waals surface area contributed by atoms with E-state index in [-0.39, 0.29) is 6.09 Å². The molecule has 1 aliphatic carbocycles. The Morgan fingerprint density at radius 1 is 1.28 bits per heavy atom. The Morgan fingerprint density at radius 3 is 2.50 bits per heavy atom. The molecule has 0 bridgehead atoms. The third kappa shape index (κ3) is 3.61. The molecule has 0 spiro atoms. The summed E-state index contributed by atoms with van der Waals surface area (Å²) in [6.07, 6.45) is 3.43. The standard InChI is InChI=1S/C14H26N2O2/c1-10-7-12(8-10)15-11-5-6-16(9-11)13(17)18-14(2,3)4/h10-12,15H,5-9H2,1-4H3. The van der Waals surface area contributed by atoms with E-state index >= 15 is 0 Å². The molecule has 0 aromatic heterocycles. The van der Waals surface area contributed by atoms with Crippen molar-refractivity contribution < 1.29 is 9.53 Å². The number of nitrogens with one attached hydrogen (secondary N) is 1. The minimum atomic E-state index is -0.397. The fourth-order valence-electron chi connectivity index (χ4n) is 2.76. The van der Waals surface area contributed by atoms with Crippen LogP contribution in [-0.2, 0) is 4.74 Å². The molecule has 1 amide bonds. The monoisotopic (exact) mass is 254 g/mol. The number of carbonyl (C=O) groups is 1. The Hall–Kier alpha value is -0.770. The Kier molecular flexibility index (Phi) is 3.85. The van der Waals surface area contributed by atoms with Crippen LogP contribution >= 0.6 is 0 Å². The number of hydrogen-bond donors (Lipinski definition) is 1. The zero-order valence-corrected chi connectivity index (χ0v) is 12.0. The third-order valence-corrected chi connectivity index (χ3v) is 3.69. The molecule has 1 N–H and O–H groups in total. The number of hydrogen-bond acceptors (Lipinski definition) is 3. The predicted molar refractivity (Wildman–Crippen MR) is 71.5 cm³/mol. The van der Waals surface area contributed by atoms with E-state index in [0.29, 0.717) is 12.1 Å². The van der Waals surface area contributed by atoms with E-state index in [1.165, 1.54) is 12.8 Å². The first-order valence-electron chi connectivity index (χ1n) is 7.07. The van der Waals surface area contributed by atoms with Gasteiger partial charge < -0.3 is 15.0 Å². The summed E-state index contributed by atoms with van der Waals surface area (Å²) in [5.74, 6) is 0.867. The lowest BCUT2D eigenvalue weighted by molar-refractivity contribution is 0.0289. The Morgan fingerprint density at radius 2 is 1.94 bits per heavy atom. The molecule has 1 heterocycles. The highest BCUT2D eigenvalue weighted by atomic mass is 16.6. The molecule has 4 nitrogen and oxygen atoms in total. The van der Waals surface area contributed by atoms with E-state index in [9.17, 15) is 4.79 Å². The van der Waals surface area contributed by atoms with Gasteiger partial charge >= 0.3 is 6.09 Å². The van der Waals surface area contributed by atoms with Crippen molar-refractivity contribution in [1.82, 2.24) is 10.2 Å². The second-order valence-corrected chi connectivity index (χ2v) is 6.85. The summed E-state index contributed by atoms with van der Waals surface area (Å²) in [6, 6.07) is 1.12. The first-order valence-corrected chi connectivity index (χ1v) is 7.07. The summed E-state index contributed by atoms with van der Waals surface area (Å²) in [5, 5.41) is 3.64. The number of likely N-dealkylation sites (tertiary alicyclic amines) is 1. The van der Waals surface area contributed by atoms with Crippen LogP contribution in [-0.4, -0.2) is 41.8 Å². The van der Waals surface area contributed by atoms with Crippen LogP contribution in [0.5, 0.6) is 0 Å². The highest BCUT2D eigenvalue weighted by molar-refractivity contribution is 5.68. The van der Waals surface area contributed by atoms with Gasteiger partial charge in [-0.25, -0.2) is 4.79 Å². The van der Waals surface area contributed by atoms with Crippen LogP contribution in [0.25, 0.3) is 0 Å². The maximum Gasteiger partial charge on any atom is 0.410 e. The van der Waals surface area contributed by atoms with Crippen LogP contribution in [0.3, 0.4) is 0 Å². The zero-order valence-electron chi connectivity index (χ0n) is 12.0. The topological polar surface area (TPSA) is 41.6 Å². The van der Waals surface area contributed by atoms with Gasteiger partial charge in [0.25, 0.3) is 0 Å². The molecule has 1 saturated carbocycles. The lowest BCUT2D eigenvalue weighted by Gasteiger charge is -2.35. The molecule has 18 heavy (non-hydrogen) atoms. The molecule has 1 aliphatic heterocycles. The highest BCUT2D eigenvalue weighted by Gasteiger charge is 2.33. The fourth-order valence-corrected chi connectivity index (χ4v) is 2.76. The first-order chi connectivity index (χ1) is 8.33. The van der Waals surface area contributed by atoms with Gasteiger partial charge in [0.2, 0.25) is 0 Å². The average molecular weight is 254 g/mol. The van der Waals surface area contributed by atoms with E-state index in [1.54, 1.807) is 0 Å². The van der Waals surface area contributed by atoms with Crippen molar-refractivity contribution >= 4 is 6.09 Å². The van der Waals surface area contributed by atoms with E-state index in [2.05, 4.69) is 12.2 Å². The molecule has 1 unspecified atom stereocenters. The second kappa shape index (κ2) is 5.08.